The number of rotatable bonds is 0. The molecule has 1 unspecified atom stereocenters. The Morgan fingerprint density at radius 1 is 1.37 bits per heavy atom. The van der Waals surface area contributed by atoms with Crippen molar-refractivity contribution in [3.63, 3.8) is 0 Å². The Balaban J connectivity index is 2.01. The van der Waals surface area contributed by atoms with Gasteiger partial charge < -0.3 is 9.84 Å². The highest BCUT2D eigenvalue weighted by Crippen LogP contribution is 2.50. The number of phenolic OH excluding ortho intramolecular Hbond substituents is 1. The minimum Gasteiger partial charge on any atom is -0.504 e. The second-order valence-corrected chi connectivity index (χ2v) is 5.66. The highest BCUT2D eigenvalue weighted by molar-refractivity contribution is 5.95. The van der Waals surface area contributed by atoms with Crippen molar-refractivity contribution in [2.24, 2.45) is 0 Å². The highest BCUT2D eigenvalue weighted by Gasteiger charge is 2.40. The van der Waals surface area contributed by atoms with Crippen molar-refractivity contribution in [3.8, 4) is 11.5 Å². The number of hydrogen-bond donors (Lipinski definition) is 1. The van der Waals surface area contributed by atoms with Crippen LogP contribution >= 0.6 is 0 Å². The standard InChI is InChI=1S/C15H15NO3/c1-16-6-8-2-3-11(18)15-14(8)13-9(7-16)4-10(17)5-12(13)19-15/h2-3,12,18H,4-7H2,1H3. The van der Waals surface area contributed by atoms with Crippen LogP contribution in [0.25, 0.3) is 5.57 Å². The minimum absolute atomic E-state index is 0.178. The van der Waals surface area contributed by atoms with Crippen molar-refractivity contribution in [3.05, 3.63) is 28.8 Å². The Bertz CT molecular complexity index is 633. The lowest BCUT2D eigenvalue weighted by molar-refractivity contribution is -0.119. The summed E-state index contributed by atoms with van der Waals surface area (Å²) in [5.41, 5.74) is 4.53. The van der Waals surface area contributed by atoms with Crippen LogP contribution < -0.4 is 4.74 Å². The third kappa shape index (κ3) is 1.46. The number of ether oxygens (including phenoxy) is 1. The van der Waals surface area contributed by atoms with Gasteiger partial charge in [-0.1, -0.05) is 6.07 Å². The first-order valence-electron chi connectivity index (χ1n) is 6.57. The Morgan fingerprint density at radius 2 is 2.21 bits per heavy atom. The van der Waals surface area contributed by atoms with Gasteiger partial charge in [0.15, 0.2) is 11.5 Å². The van der Waals surface area contributed by atoms with Gasteiger partial charge in [-0.15, -0.1) is 0 Å². The van der Waals surface area contributed by atoms with Gasteiger partial charge in [-0.2, -0.15) is 0 Å². The lowest BCUT2D eigenvalue weighted by Crippen LogP contribution is -2.27. The van der Waals surface area contributed by atoms with Gasteiger partial charge in [0.2, 0.25) is 0 Å². The first kappa shape index (κ1) is 11.1. The predicted molar refractivity (Wildman–Crippen MR) is 70.0 cm³/mol. The molecule has 0 radical (unpaired) electrons. The molecule has 0 saturated carbocycles. The molecule has 4 heteroatoms. The molecule has 98 valence electrons. The van der Waals surface area contributed by atoms with Crippen molar-refractivity contribution in [1.29, 1.82) is 0 Å². The van der Waals surface area contributed by atoms with E-state index in [9.17, 15) is 9.90 Å². The summed E-state index contributed by atoms with van der Waals surface area (Å²) < 4.78 is 5.85. The minimum atomic E-state index is -0.190. The highest BCUT2D eigenvalue weighted by atomic mass is 16.5. The molecule has 0 aromatic heterocycles. The van der Waals surface area contributed by atoms with Gasteiger partial charge in [0, 0.05) is 37.1 Å². The number of carbonyl (C=O) groups is 1. The summed E-state index contributed by atoms with van der Waals surface area (Å²) in [4.78, 5) is 14.1. The molecular formula is C15H15NO3. The van der Waals surface area contributed by atoms with Crippen LogP contribution in [0.3, 0.4) is 0 Å². The van der Waals surface area contributed by atoms with Crippen molar-refractivity contribution in [1.82, 2.24) is 4.90 Å². The van der Waals surface area contributed by atoms with E-state index in [0.717, 1.165) is 29.8 Å². The Hall–Kier alpha value is -1.81. The molecule has 1 aliphatic carbocycles. The van der Waals surface area contributed by atoms with Crippen LogP contribution in [0, 0.1) is 0 Å². The number of hydrogen-bond acceptors (Lipinski definition) is 4. The van der Waals surface area contributed by atoms with Crippen LogP contribution in [0.4, 0.5) is 0 Å². The maximum atomic E-state index is 11.9. The molecule has 2 aliphatic heterocycles. The summed E-state index contributed by atoms with van der Waals surface area (Å²) in [6.07, 6.45) is 0.759. The SMILES string of the molecule is CN1CC2=C3c4c(ccc(O)c4OC3CC(=O)C2)C1. The number of aromatic hydroxyl groups is 1. The lowest BCUT2D eigenvalue weighted by Gasteiger charge is -2.23. The molecule has 0 spiro atoms. The molecular weight excluding hydrogens is 242 g/mol. The van der Waals surface area contributed by atoms with Crippen molar-refractivity contribution in [2.75, 3.05) is 13.6 Å². The molecule has 19 heavy (non-hydrogen) atoms. The van der Waals surface area contributed by atoms with Crippen molar-refractivity contribution >= 4 is 11.4 Å². The Kier molecular flexibility index (Phi) is 2.10. The summed E-state index contributed by atoms with van der Waals surface area (Å²) in [6, 6.07) is 3.65. The number of likely N-dealkylation sites (N-methyl/N-ethyl adjacent to an activating group) is 1. The first-order valence-corrected chi connectivity index (χ1v) is 6.57. The van der Waals surface area contributed by atoms with Crippen LogP contribution in [0.2, 0.25) is 0 Å². The van der Waals surface area contributed by atoms with E-state index in [0.29, 0.717) is 18.6 Å². The summed E-state index contributed by atoms with van der Waals surface area (Å²) in [7, 11) is 2.06. The number of benzene rings is 1. The van der Waals surface area contributed by atoms with Crippen LogP contribution in [0.15, 0.2) is 17.7 Å². The average Bonchev–Trinajstić information content (AvgIpc) is 2.65. The van der Waals surface area contributed by atoms with E-state index >= 15 is 0 Å². The van der Waals surface area contributed by atoms with Gasteiger partial charge in [-0.3, -0.25) is 9.69 Å². The molecule has 3 aliphatic rings. The third-order valence-corrected chi connectivity index (χ3v) is 4.18. The topological polar surface area (TPSA) is 49.8 Å². The van der Waals surface area contributed by atoms with E-state index in [-0.39, 0.29) is 17.6 Å². The molecule has 4 rings (SSSR count). The molecule has 0 fully saturated rings. The van der Waals surface area contributed by atoms with Gasteiger partial charge in [-0.25, -0.2) is 0 Å². The summed E-state index contributed by atoms with van der Waals surface area (Å²) in [5.74, 6) is 0.977. The number of phenols is 1. The fourth-order valence-electron chi connectivity index (χ4n) is 3.49. The molecule has 1 atom stereocenters. The lowest BCUT2D eigenvalue weighted by atomic mass is 9.85. The Morgan fingerprint density at radius 3 is 3.05 bits per heavy atom. The molecule has 2 heterocycles. The number of ketones is 1. The number of Topliss-reactive ketones (excluding diaryl/α,β-unsaturated/α-hetero) is 1. The molecule has 0 saturated heterocycles. The van der Waals surface area contributed by atoms with Crippen LogP contribution in [0.1, 0.15) is 24.0 Å². The van der Waals surface area contributed by atoms with Crippen molar-refractivity contribution in [2.45, 2.75) is 25.5 Å². The molecule has 4 nitrogen and oxygen atoms in total. The van der Waals surface area contributed by atoms with E-state index in [1.165, 1.54) is 5.56 Å². The van der Waals surface area contributed by atoms with E-state index in [1.807, 2.05) is 6.07 Å². The predicted octanol–water partition coefficient (Wildman–Crippen LogP) is 1.72. The summed E-state index contributed by atoms with van der Waals surface area (Å²) in [6.45, 7) is 1.62. The summed E-state index contributed by atoms with van der Waals surface area (Å²) in [5, 5.41) is 9.99. The fraction of sp³-hybridized carbons (Fsp3) is 0.400. The number of nitrogens with zero attached hydrogens (tertiary/aromatic N) is 1. The van der Waals surface area contributed by atoms with Crippen LogP contribution in [-0.4, -0.2) is 35.5 Å². The monoisotopic (exact) mass is 257 g/mol. The van der Waals surface area contributed by atoms with Gasteiger partial charge in [0.05, 0.1) is 0 Å². The first-order chi connectivity index (χ1) is 9.13. The molecule has 1 aromatic rings. The third-order valence-electron chi connectivity index (χ3n) is 4.18. The van der Waals surface area contributed by atoms with E-state index in [1.54, 1.807) is 6.07 Å². The quantitative estimate of drug-likeness (QED) is 0.768. The summed E-state index contributed by atoms with van der Waals surface area (Å²) >= 11 is 0. The van der Waals surface area contributed by atoms with Crippen LogP contribution in [0.5, 0.6) is 11.5 Å². The van der Waals surface area contributed by atoms with Crippen molar-refractivity contribution < 1.29 is 14.6 Å². The zero-order chi connectivity index (χ0) is 13.1. The Labute approximate surface area is 111 Å². The van der Waals surface area contributed by atoms with Gasteiger partial charge in [0.25, 0.3) is 0 Å². The maximum absolute atomic E-state index is 11.9. The molecule has 0 amide bonds. The van der Waals surface area contributed by atoms with Gasteiger partial charge in [0.1, 0.15) is 11.9 Å². The normalized spacial score (nSPS) is 25.1. The maximum Gasteiger partial charge on any atom is 0.169 e. The molecule has 1 N–H and O–H groups in total. The molecule has 0 bridgehead atoms. The van der Waals surface area contributed by atoms with Crippen LogP contribution in [-0.2, 0) is 11.3 Å². The van der Waals surface area contributed by atoms with E-state index in [2.05, 4.69) is 11.9 Å². The fourth-order valence-corrected chi connectivity index (χ4v) is 3.49. The molecule has 1 aromatic carbocycles. The number of carbonyl (C=O) groups excluding carboxylic acids is 1. The second kappa shape index (κ2) is 3.61. The smallest absolute Gasteiger partial charge is 0.169 e. The van der Waals surface area contributed by atoms with E-state index in [4.69, 9.17) is 4.74 Å². The van der Waals surface area contributed by atoms with Gasteiger partial charge >= 0.3 is 0 Å². The zero-order valence-electron chi connectivity index (χ0n) is 10.8. The largest absolute Gasteiger partial charge is 0.504 e. The van der Waals surface area contributed by atoms with E-state index < -0.39 is 0 Å². The average molecular weight is 257 g/mol. The zero-order valence-corrected chi connectivity index (χ0v) is 10.8. The van der Waals surface area contributed by atoms with Gasteiger partial charge in [-0.05, 0) is 24.3 Å². The second-order valence-electron chi connectivity index (χ2n) is 5.66.